The molecule has 3 aromatic carbocycles. The highest BCUT2D eigenvalue weighted by Gasteiger charge is 2.52. The van der Waals surface area contributed by atoms with Crippen molar-refractivity contribution in [2.24, 2.45) is 5.92 Å². The first kappa shape index (κ1) is 40.0. The Kier molecular flexibility index (Phi) is 15.8. The van der Waals surface area contributed by atoms with Gasteiger partial charge in [0.2, 0.25) is 0 Å². The Morgan fingerprint density at radius 1 is 0.566 bits per heavy atom. The highest BCUT2D eigenvalue weighted by Crippen LogP contribution is 2.58. The van der Waals surface area contributed by atoms with Gasteiger partial charge < -0.3 is 0 Å². The molecule has 0 radical (unpaired) electrons. The molecule has 6 rings (SSSR count). The van der Waals surface area contributed by atoms with Crippen LogP contribution in [0.5, 0.6) is 0 Å². The van der Waals surface area contributed by atoms with Gasteiger partial charge in [-0.1, -0.05) is 251 Å². The molecule has 0 saturated heterocycles. The molecule has 53 heavy (non-hydrogen) atoms. The van der Waals surface area contributed by atoms with Crippen molar-refractivity contribution >= 4 is 19.7 Å². The minimum atomic E-state index is -2.09. The van der Waals surface area contributed by atoms with Crippen molar-refractivity contribution in [3.8, 4) is 11.1 Å². The second-order valence-corrected chi connectivity index (χ2v) is 22.3. The molecule has 2 atom stereocenters. The van der Waals surface area contributed by atoms with E-state index in [9.17, 15) is 0 Å². The third kappa shape index (κ3) is 10.2. The van der Waals surface area contributed by atoms with Gasteiger partial charge >= 0.3 is 0 Å². The monoisotopic (exact) mass is 727 g/mol. The summed E-state index contributed by atoms with van der Waals surface area (Å²) in [7, 11) is -2.09. The predicted molar refractivity (Wildman–Crippen MR) is 237 cm³/mol. The van der Waals surface area contributed by atoms with Crippen molar-refractivity contribution < 1.29 is 0 Å². The van der Waals surface area contributed by atoms with Gasteiger partial charge in [-0.15, -0.1) is 0 Å². The molecular weight excluding hydrogens is 653 g/mol. The average Bonchev–Trinajstić information content (AvgIpc) is 3.74. The van der Waals surface area contributed by atoms with E-state index >= 15 is 0 Å². The zero-order valence-corrected chi connectivity index (χ0v) is 35.3. The zero-order valence-electron chi connectivity index (χ0n) is 34.3. The van der Waals surface area contributed by atoms with Crippen LogP contribution in [0.3, 0.4) is 0 Å². The first-order valence-electron chi connectivity index (χ1n) is 22.8. The Balaban J connectivity index is 1.42. The van der Waals surface area contributed by atoms with Gasteiger partial charge in [0, 0.05) is 5.54 Å². The Hall–Kier alpha value is -2.64. The van der Waals surface area contributed by atoms with Crippen LogP contribution in [0.1, 0.15) is 195 Å². The van der Waals surface area contributed by atoms with E-state index in [0.717, 1.165) is 5.92 Å². The van der Waals surface area contributed by atoms with Crippen molar-refractivity contribution in [1.29, 1.82) is 0 Å². The topological polar surface area (TPSA) is 0 Å². The number of fused-ring (bicyclic) bond motifs is 2. The van der Waals surface area contributed by atoms with E-state index in [1.54, 1.807) is 27.8 Å². The van der Waals surface area contributed by atoms with Gasteiger partial charge in [0.1, 0.15) is 0 Å². The largest absolute Gasteiger partial charge is 0.0778 e. The Bertz CT molecular complexity index is 1570. The Morgan fingerprint density at radius 2 is 1.13 bits per heavy atom. The number of rotatable bonds is 23. The lowest BCUT2D eigenvalue weighted by Gasteiger charge is -2.45. The number of unbranched alkanes of at least 4 members (excludes halogenated alkanes) is 14. The molecule has 286 valence electrons. The van der Waals surface area contributed by atoms with Crippen LogP contribution in [0.25, 0.3) is 22.8 Å². The maximum absolute atomic E-state index is 2.83. The lowest BCUT2D eigenvalue weighted by Crippen LogP contribution is -2.48. The first-order valence-corrected chi connectivity index (χ1v) is 25.4. The number of allylic oxidation sites excluding steroid dienone is 3. The van der Waals surface area contributed by atoms with Crippen molar-refractivity contribution in [1.82, 2.24) is 0 Å². The molecule has 0 aromatic heterocycles. The quantitative estimate of drug-likeness (QED) is 0.0674. The van der Waals surface area contributed by atoms with Crippen LogP contribution in [-0.2, 0) is 0 Å². The van der Waals surface area contributed by atoms with Gasteiger partial charge in [-0.05, 0) is 63.8 Å². The molecule has 0 spiro atoms. The minimum Gasteiger partial charge on any atom is -0.0761 e. The normalized spacial score (nSPS) is 18.5. The molecule has 1 fully saturated rings. The van der Waals surface area contributed by atoms with Gasteiger partial charge in [-0.3, -0.25) is 0 Å². The van der Waals surface area contributed by atoms with Crippen LogP contribution in [0, 0.1) is 5.92 Å². The minimum absolute atomic E-state index is 0.599. The molecule has 3 aliphatic carbocycles. The molecule has 0 aliphatic heterocycles. The van der Waals surface area contributed by atoms with Gasteiger partial charge in [0.25, 0.3) is 0 Å². The van der Waals surface area contributed by atoms with Crippen LogP contribution in [-0.4, -0.2) is 8.07 Å². The summed E-state index contributed by atoms with van der Waals surface area (Å²) in [4.78, 5) is 0. The van der Waals surface area contributed by atoms with E-state index in [2.05, 4.69) is 106 Å². The van der Waals surface area contributed by atoms with Crippen molar-refractivity contribution in [3.05, 3.63) is 107 Å². The summed E-state index contributed by atoms with van der Waals surface area (Å²) < 4.78 is 0. The summed E-state index contributed by atoms with van der Waals surface area (Å²) in [6, 6.07) is 31.5. The smallest absolute Gasteiger partial charge is 0.0761 e. The predicted octanol–water partition coefficient (Wildman–Crippen LogP) is 16.8. The van der Waals surface area contributed by atoms with E-state index in [1.807, 2.05) is 5.57 Å². The van der Waals surface area contributed by atoms with Crippen LogP contribution in [0.2, 0.25) is 12.1 Å². The van der Waals surface area contributed by atoms with Crippen molar-refractivity contribution in [2.75, 3.05) is 0 Å². The van der Waals surface area contributed by atoms with Crippen LogP contribution < -0.4 is 0 Å². The molecule has 1 heteroatoms. The molecule has 3 aromatic rings. The van der Waals surface area contributed by atoms with Crippen LogP contribution in [0.4, 0.5) is 0 Å². The summed E-state index contributed by atoms with van der Waals surface area (Å²) in [6.07, 6.45) is 36.6. The maximum atomic E-state index is 2.83. The average molecular weight is 727 g/mol. The lowest BCUT2D eigenvalue weighted by molar-refractivity contribution is 0.354. The van der Waals surface area contributed by atoms with E-state index in [4.69, 9.17) is 0 Å². The van der Waals surface area contributed by atoms with E-state index in [0.29, 0.717) is 11.1 Å². The summed E-state index contributed by atoms with van der Waals surface area (Å²) in [5, 5.41) is 0. The Morgan fingerprint density at radius 3 is 1.77 bits per heavy atom. The molecule has 0 N–H and O–H groups in total. The SMILES string of the molecule is CCCCCCCCCC[Si](CCCCCCCCCC)(C1C=C(C)c2ccccc21)C1C(CC2CCCCC2)=Cc2cccc(-c3ccccc3)c21. The second kappa shape index (κ2) is 20.9. The molecule has 0 bridgehead atoms. The third-order valence-corrected chi connectivity index (χ3v) is 19.9. The number of hydrogen-bond acceptors (Lipinski definition) is 0. The standard InChI is InChI=1S/C52H74Si/c1-4-6-8-10-12-14-16-26-37-53(38-27-17-15-13-11-9-7-5-2,50-39-42(3)47-34-24-25-35-49(47)50)52-46(40-43-29-20-18-21-30-43)41-45-33-28-36-48(51(45)52)44-31-22-19-23-32-44/h19,22-25,28,31-36,39,41,43,50,52H,4-18,20-21,26-27,29-30,37-38,40H2,1-3H3. The lowest BCUT2D eigenvalue weighted by atomic mass is 9.84. The van der Waals surface area contributed by atoms with Crippen molar-refractivity contribution in [3.63, 3.8) is 0 Å². The maximum Gasteiger partial charge on any atom is 0.0778 e. The third-order valence-electron chi connectivity index (χ3n) is 13.8. The molecule has 2 unspecified atom stereocenters. The summed E-state index contributed by atoms with van der Waals surface area (Å²) in [5.41, 5.74) is 14.0. The number of benzene rings is 3. The molecule has 0 amide bonds. The fourth-order valence-corrected chi connectivity index (χ4v) is 18.0. The van der Waals surface area contributed by atoms with Crippen LogP contribution >= 0.6 is 0 Å². The van der Waals surface area contributed by atoms with E-state index < -0.39 is 8.07 Å². The molecule has 0 heterocycles. The fraction of sp³-hybridized carbons (Fsp3) is 0.577. The van der Waals surface area contributed by atoms with Gasteiger partial charge in [0.05, 0.1) is 8.07 Å². The van der Waals surface area contributed by atoms with Crippen molar-refractivity contribution in [2.45, 2.75) is 185 Å². The fourth-order valence-electron chi connectivity index (χ4n) is 11.0. The number of hydrogen-bond donors (Lipinski definition) is 0. The highest BCUT2D eigenvalue weighted by atomic mass is 28.3. The van der Waals surface area contributed by atoms with Gasteiger partial charge in [-0.2, -0.15) is 0 Å². The summed E-state index contributed by atoms with van der Waals surface area (Å²) in [6.45, 7) is 7.12. The second-order valence-electron chi connectivity index (χ2n) is 17.6. The zero-order chi connectivity index (χ0) is 36.7. The molecular formula is C52H74Si. The molecule has 3 aliphatic rings. The summed E-state index contributed by atoms with van der Waals surface area (Å²) in [5.74, 6) is 0.859. The Labute approximate surface area is 327 Å². The molecule has 1 saturated carbocycles. The van der Waals surface area contributed by atoms with E-state index in [-0.39, 0.29) is 0 Å². The van der Waals surface area contributed by atoms with Gasteiger partial charge in [0.15, 0.2) is 0 Å². The van der Waals surface area contributed by atoms with Gasteiger partial charge in [-0.25, -0.2) is 0 Å². The first-order chi connectivity index (χ1) is 26.2. The van der Waals surface area contributed by atoms with Crippen LogP contribution in [0.15, 0.2) is 84.4 Å². The summed E-state index contributed by atoms with van der Waals surface area (Å²) >= 11 is 0. The van der Waals surface area contributed by atoms with E-state index in [1.165, 1.54) is 164 Å². The molecule has 0 nitrogen and oxygen atoms in total. The highest BCUT2D eigenvalue weighted by molar-refractivity contribution is 6.84.